The second kappa shape index (κ2) is 6.29. The van der Waals surface area contributed by atoms with E-state index in [1.807, 2.05) is 4.98 Å². The summed E-state index contributed by atoms with van der Waals surface area (Å²) in [5, 5.41) is 28.5. The number of pyridine rings is 1. The maximum Gasteiger partial charge on any atom is 0.342 e. The van der Waals surface area contributed by atoms with Gasteiger partial charge in [0.2, 0.25) is 0 Å². The highest BCUT2D eigenvalue weighted by Crippen LogP contribution is 2.32. The van der Waals surface area contributed by atoms with E-state index in [1.165, 1.54) is 24.3 Å². The number of hydrogen-bond donors (Lipinski definition) is 5. The molecule has 0 spiro atoms. The third-order valence-corrected chi connectivity index (χ3v) is 3.40. The number of hydrogen-bond acceptors (Lipinski definition) is 5. The summed E-state index contributed by atoms with van der Waals surface area (Å²) in [6.07, 6.45) is 1.78. The first-order chi connectivity index (χ1) is 11.3. The minimum absolute atomic E-state index is 0.0646. The van der Waals surface area contributed by atoms with Crippen LogP contribution in [-0.4, -0.2) is 32.2 Å². The van der Waals surface area contributed by atoms with Crippen molar-refractivity contribution in [3.8, 4) is 16.9 Å². The average molecular weight is 330 g/mol. The summed E-state index contributed by atoms with van der Waals surface area (Å²) in [4.78, 5) is 37.0. The number of aromatic carboxylic acids is 2. The van der Waals surface area contributed by atoms with Crippen molar-refractivity contribution in [3.63, 3.8) is 0 Å². The predicted molar refractivity (Wildman–Crippen MR) is 86.4 cm³/mol. The fourth-order valence-corrected chi connectivity index (χ4v) is 2.40. The average Bonchev–Trinajstić information content (AvgIpc) is 2.48. The number of aromatic nitrogens is 1. The van der Waals surface area contributed by atoms with Crippen molar-refractivity contribution < 1.29 is 24.9 Å². The van der Waals surface area contributed by atoms with E-state index in [1.54, 1.807) is 0 Å². The molecule has 8 nitrogen and oxygen atoms in total. The highest BCUT2D eigenvalue weighted by atomic mass is 16.4. The second-order valence-electron chi connectivity index (χ2n) is 4.94. The summed E-state index contributed by atoms with van der Waals surface area (Å²) in [6.45, 7) is 3.54. The Morgan fingerprint density at radius 2 is 1.83 bits per heavy atom. The Hall–Kier alpha value is -3.55. The number of H-pyrrole nitrogens is 1. The van der Waals surface area contributed by atoms with Gasteiger partial charge in [0.25, 0.3) is 5.56 Å². The van der Waals surface area contributed by atoms with Crippen LogP contribution < -0.4 is 11.3 Å². The number of phenolic OH excluding ortho intramolecular Hbond substituents is 1. The quantitative estimate of drug-likeness (QED) is 0.520. The third-order valence-electron chi connectivity index (χ3n) is 3.40. The first-order valence-electron chi connectivity index (χ1n) is 6.73. The Labute approximate surface area is 135 Å². The highest BCUT2D eigenvalue weighted by molar-refractivity contribution is 6.07. The van der Waals surface area contributed by atoms with Crippen LogP contribution in [0.3, 0.4) is 0 Å². The number of aromatic amines is 1. The van der Waals surface area contributed by atoms with Crippen LogP contribution in [0.4, 0.5) is 5.82 Å². The van der Waals surface area contributed by atoms with E-state index >= 15 is 0 Å². The number of carbonyl (C=O) groups is 2. The van der Waals surface area contributed by atoms with Crippen molar-refractivity contribution >= 4 is 17.8 Å². The van der Waals surface area contributed by atoms with E-state index < -0.39 is 34.4 Å². The van der Waals surface area contributed by atoms with Gasteiger partial charge in [0.05, 0.1) is 0 Å². The molecule has 0 atom stereocenters. The zero-order chi connectivity index (χ0) is 18.0. The normalized spacial score (nSPS) is 10.3. The molecule has 0 amide bonds. The summed E-state index contributed by atoms with van der Waals surface area (Å²) in [5.74, 6) is -3.59. The molecule has 0 aliphatic rings. The molecule has 8 heteroatoms. The number of carboxylic acids is 2. The van der Waals surface area contributed by atoms with E-state index in [0.29, 0.717) is 5.56 Å². The van der Waals surface area contributed by atoms with Crippen LogP contribution in [0, 0.1) is 0 Å². The summed E-state index contributed by atoms with van der Waals surface area (Å²) in [6, 6.07) is 3.99. The molecule has 0 saturated carbocycles. The van der Waals surface area contributed by atoms with E-state index in [-0.39, 0.29) is 23.3 Å². The third kappa shape index (κ3) is 2.84. The van der Waals surface area contributed by atoms with Crippen molar-refractivity contribution in [2.24, 2.45) is 0 Å². The maximum atomic E-state index is 12.0. The second-order valence-corrected chi connectivity index (χ2v) is 4.94. The number of phenols is 1. The molecular weight excluding hydrogens is 316 g/mol. The fraction of sp³-hybridized carbons (Fsp3) is 0.0625. The zero-order valence-electron chi connectivity index (χ0n) is 12.4. The van der Waals surface area contributed by atoms with Gasteiger partial charge in [-0.25, -0.2) is 9.59 Å². The smallest absolute Gasteiger partial charge is 0.342 e. The van der Waals surface area contributed by atoms with Gasteiger partial charge in [-0.15, -0.1) is 6.58 Å². The fourth-order valence-electron chi connectivity index (χ4n) is 2.40. The highest BCUT2D eigenvalue weighted by Gasteiger charge is 2.26. The molecule has 6 N–H and O–H groups in total. The van der Waals surface area contributed by atoms with Crippen molar-refractivity contribution in [3.05, 3.63) is 57.9 Å². The summed E-state index contributed by atoms with van der Waals surface area (Å²) < 4.78 is 0. The standard InChI is InChI=1S/C16H14N2O6/c1-2-3-7-6-8(4-5-9(7)19)10-11(15(21)22)13(17)18-14(20)12(10)16(23)24/h2,4-6,19H,1,3H2,(H,21,22)(H,23,24)(H3,17,18,20). The molecule has 2 aromatic rings. The van der Waals surface area contributed by atoms with Gasteiger partial charge in [-0.1, -0.05) is 12.1 Å². The first-order valence-corrected chi connectivity index (χ1v) is 6.73. The van der Waals surface area contributed by atoms with Gasteiger partial charge < -0.3 is 26.0 Å². The number of nitrogens with one attached hydrogen (secondary N) is 1. The van der Waals surface area contributed by atoms with Gasteiger partial charge in [-0.05, 0) is 29.7 Å². The van der Waals surface area contributed by atoms with Crippen LogP contribution in [0.15, 0.2) is 35.6 Å². The predicted octanol–water partition coefficient (Wildman–Crippen LogP) is 1.45. The summed E-state index contributed by atoms with van der Waals surface area (Å²) in [5.41, 5.74) is 3.50. The monoisotopic (exact) mass is 330 g/mol. The lowest BCUT2D eigenvalue weighted by Gasteiger charge is -2.13. The molecule has 2 rings (SSSR count). The molecule has 0 unspecified atom stereocenters. The SMILES string of the molecule is C=CCc1cc(-c2c(C(=O)O)c(N)[nH]c(=O)c2C(=O)O)ccc1O. The Morgan fingerprint density at radius 1 is 1.21 bits per heavy atom. The van der Waals surface area contributed by atoms with Gasteiger partial charge in [-0.2, -0.15) is 0 Å². The van der Waals surface area contributed by atoms with Gasteiger partial charge in [0.1, 0.15) is 22.7 Å². The molecule has 0 fully saturated rings. The molecule has 0 saturated heterocycles. The van der Waals surface area contributed by atoms with Gasteiger partial charge in [-0.3, -0.25) is 4.79 Å². The lowest BCUT2D eigenvalue weighted by molar-refractivity contribution is 0.0695. The number of rotatable bonds is 5. The number of aromatic hydroxyl groups is 1. The maximum absolute atomic E-state index is 12.0. The Balaban J connectivity index is 2.93. The van der Waals surface area contributed by atoms with Gasteiger partial charge in [0.15, 0.2) is 0 Å². The minimum Gasteiger partial charge on any atom is -0.508 e. The lowest BCUT2D eigenvalue weighted by atomic mass is 9.93. The number of nitrogens with two attached hydrogens (primary N) is 1. The number of carboxylic acid groups (broad SMARTS) is 2. The van der Waals surface area contributed by atoms with Crippen LogP contribution in [0.1, 0.15) is 26.3 Å². The Kier molecular flexibility index (Phi) is 4.41. The lowest BCUT2D eigenvalue weighted by Crippen LogP contribution is -2.24. The molecule has 24 heavy (non-hydrogen) atoms. The molecule has 124 valence electrons. The topological polar surface area (TPSA) is 154 Å². The summed E-state index contributed by atoms with van der Waals surface area (Å²) >= 11 is 0. The van der Waals surface area contributed by atoms with E-state index in [0.717, 1.165) is 0 Å². The van der Waals surface area contributed by atoms with E-state index in [4.69, 9.17) is 5.73 Å². The molecule has 0 aliphatic heterocycles. The van der Waals surface area contributed by atoms with Crippen LogP contribution in [0.2, 0.25) is 0 Å². The van der Waals surface area contributed by atoms with Crippen LogP contribution in [0.5, 0.6) is 5.75 Å². The Bertz CT molecular complexity index is 914. The molecule has 1 aromatic heterocycles. The van der Waals surface area contributed by atoms with Gasteiger partial charge in [0, 0.05) is 5.56 Å². The van der Waals surface area contributed by atoms with Crippen LogP contribution in [0.25, 0.3) is 11.1 Å². The largest absolute Gasteiger partial charge is 0.508 e. The minimum atomic E-state index is -1.59. The number of anilines is 1. The number of benzene rings is 1. The van der Waals surface area contributed by atoms with Crippen molar-refractivity contribution in [2.75, 3.05) is 5.73 Å². The molecule has 0 bridgehead atoms. The molecular formula is C16H14N2O6. The molecule has 0 aliphatic carbocycles. The van der Waals surface area contributed by atoms with Crippen LogP contribution in [-0.2, 0) is 6.42 Å². The van der Waals surface area contributed by atoms with Gasteiger partial charge >= 0.3 is 11.9 Å². The molecule has 1 aromatic carbocycles. The molecule has 0 radical (unpaired) electrons. The number of allylic oxidation sites excluding steroid dienone is 1. The molecule has 1 heterocycles. The first kappa shape index (κ1) is 16.8. The zero-order valence-corrected chi connectivity index (χ0v) is 12.4. The van der Waals surface area contributed by atoms with Crippen molar-refractivity contribution in [2.45, 2.75) is 6.42 Å². The Morgan fingerprint density at radius 3 is 2.38 bits per heavy atom. The van der Waals surface area contributed by atoms with Crippen molar-refractivity contribution in [1.82, 2.24) is 4.98 Å². The van der Waals surface area contributed by atoms with E-state index in [9.17, 15) is 29.7 Å². The summed E-state index contributed by atoms with van der Waals surface area (Å²) in [7, 11) is 0. The van der Waals surface area contributed by atoms with Crippen LogP contribution >= 0.6 is 0 Å². The van der Waals surface area contributed by atoms with E-state index in [2.05, 4.69) is 6.58 Å². The number of nitrogen functional groups attached to an aromatic ring is 1. The van der Waals surface area contributed by atoms with Crippen molar-refractivity contribution in [1.29, 1.82) is 0 Å².